The Morgan fingerprint density at radius 3 is 2.85 bits per heavy atom. The first-order valence-electron chi connectivity index (χ1n) is 6.64. The molecule has 2 atom stereocenters. The van der Waals surface area contributed by atoms with Gasteiger partial charge in [0.1, 0.15) is 11.3 Å². The van der Waals surface area contributed by atoms with Crippen LogP contribution in [0.3, 0.4) is 0 Å². The third-order valence-corrected chi connectivity index (χ3v) is 3.76. The lowest BCUT2D eigenvalue weighted by molar-refractivity contribution is -0.146. The molecule has 0 aromatic carbocycles. The number of hydrogen-bond donors (Lipinski definition) is 3. The Morgan fingerprint density at radius 2 is 2.25 bits per heavy atom. The number of amides is 1. The number of carbonyl (C=O) groups excluding carboxylic acids is 1. The highest BCUT2D eigenvalue weighted by molar-refractivity contribution is 5.98. The summed E-state index contributed by atoms with van der Waals surface area (Å²) < 4.78 is 0. The Kier molecular flexibility index (Phi) is 3.92. The molecule has 3 N–H and O–H groups in total. The third-order valence-electron chi connectivity index (χ3n) is 3.76. The number of carbonyl (C=O) groups is 2. The molecule has 1 amide bonds. The van der Waals surface area contributed by atoms with E-state index in [2.05, 4.69) is 10.3 Å². The Morgan fingerprint density at radius 1 is 1.50 bits per heavy atom. The lowest BCUT2D eigenvalue weighted by atomic mass is 9.76. The molecule has 0 radical (unpaired) electrons. The van der Waals surface area contributed by atoms with Gasteiger partial charge in [0, 0.05) is 6.20 Å². The summed E-state index contributed by atoms with van der Waals surface area (Å²) >= 11 is 0. The minimum Gasteiger partial charge on any atom is -0.505 e. The van der Waals surface area contributed by atoms with Crippen molar-refractivity contribution in [1.29, 1.82) is 0 Å². The van der Waals surface area contributed by atoms with E-state index in [0.717, 1.165) is 12.8 Å². The SMILES string of the molecule is CC1CCCC(NC(=O)c2ncccc2O)(C(=O)O)C1. The van der Waals surface area contributed by atoms with Crippen molar-refractivity contribution in [3.8, 4) is 5.75 Å². The summed E-state index contributed by atoms with van der Waals surface area (Å²) in [4.78, 5) is 27.5. The molecule has 0 aliphatic heterocycles. The minimum absolute atomic E-state index is 0.147. The second-order valence-corrected chi connectivity index (χ2v) is 5.41. The smallest absolute Gasteiger partial charge is 0.329 e. The maximum atomic E-state index is 12.2. The van der Waals surface area contributed by atoms with Crippen LogP contribution in [-0.2, 0) is 4.79 Å². The highest BCUT2D eigenvalue weighted by Crippen LogP contribution is 2.33. The van der Waals surface area contributed by atoms with Gasteiger partial charge in [-0.3, -0.25) is 4.79 Å². The van der Waals surface area contributed by atoms with Gasteiger partial charge in [0.25, 0.3) is 5.91 Å². The molecule has 1 aromatic heterocycles. The number of nitrogens with zero attached hydrogens (tertiary/aromatic N) is 1. The van der Waals surface area contributed by atoms with E-state index in [1.807, 2.05) is 6.92 Å². The summed E-state index contributed by atoms with van der Waals surface area (Å²) in [7, 11) is 0. The Balaban J connectivity index is 2.23. The summed E-state index contributed by atoms with van der Waals surface area (Å²) in [5.41, 5.74) is -1.41. The lowest BCUT2D eigenvalue weighted by Crippen LogP contribution is -2.56. The van der Waals surface area contributed by atoms with Gasteiger partial charge in [0.05, 0.1) is 0 Å². The first-order valence-corrected chi connectivity index (χ1v) is 6.64. The molecule has 1 saturated carbocycles. The summed E-state index contributed by atoms with van der Waals surface area (Å²) in [6.45, 7) is 1.97. The van der Waals surface area contributed by atoms with Crippen LogP contribution in [0.5, 0.6) is 5.75 Å². The van der Waals surface area contributed by atoms with E-state index in [-0.39, 0.29) is 17.4 Å². The molecule has 1 aliphatic carbocycles. The van der Waals surface area contributed by atoms with Gasteiger partial charge >= 0.3 is 5.97 Å². The number of nitrogens with one attached hydrogen (secondary N) is 1. The van der Waals surface area contributed by atoms with E-state index in [9.17, 15) is 19.8 Å². The first-order chi connectivity index (χ1) is 9.44. The summed E-state index contributed by atoms with van der Waals surface area (Å²) in [6, 6.07) is 2.85. The van der Waals surface area contributed by atoms with Gasteiger partial charge in [0.15, 0.2) is 5.69 Å². The molecule has 0 spiro atoms. The predicted octanol–water partition coefficient (Wildman–Crippen LogP) is 1.55. The molecule has 1 fully saturated rings. The highest BCUT2D eigenvalue weighted by atomic mass is 16.4. The number of pyridine rings is 1. The fourth-order valence-electron chi connectivity index (χ4n) is 2.76. The van der Waals surface area contributed by atoms with Gasteiger partial charge in [-0.05, 0) is 30.9 Å². The second-order valence-electron chi connectivity index (χ2n) is 5.41. The van der Waals surface area contributed by atoms with Gasteiger partial charge in [-0.1, -0.05) is 19.8 Å². The quantitative estimate of drug-likeness (QED) is 0.779. The molecule has 2 rings (SSSR count). The fourth-order valence-corrected chi connectivity index (χ4v) is 2.76. The van der Waals surface area contributed by atoms with Crippen LogP contribution in [0.1, 0.15) is 43.1 Å². The number of aromatic hydroxyl groups is 1. The molecule has 0 saturated heterocycles. The summed E-state index contributed by atoms with van der Waals surface area (Å²) in [5.74, 6) is -1.71. The van der Waals surface area contributed by atoms with Gasteiger partial charge in [0.2, 0.25) is 0 Å². The highest BCUT2D eigenvalue weighted by Gasteiger charge is 2.43. The fraction of sp³-hybridized carbons (Fsp3) is 0.500. The predicted molar refractivity (Wildman–Crippen MR) is 71.4 cm³/mol. The van der Waals surface area contributed by atoms with Crippen LogP contribution in [-0.4, -0.2) is 32.6 Å². The zero-order valence-electron chi connectivity index (χ0n) is 11.3. The largest absolute Gasteiger partial charge is 0.505 e. The van der Waals surface area contributed by atoms with Crippen LogP contribution >= 0.6 is 0 Å². The summed E-state index contributed by atoms with van der Waals surface area (Å²) in [6.07, 6.45) is 3.88. The van der Waals surface area contributed by atoms with E-state index in [1.165, 1.54) is 18.3 Å². The molecule has 2 unspecified atom stereocenters. The van der Waals surface area contributed by atoms with E-state index in [4.69, 9.17) is 0 Å². The molecular weight excluding hydrogens is 260 g/mol. The van der Waals surface area contributed by atoms with Crippen LogP contribution in [0.4, 0.5) is 0 Å². The number of carboxylic acid groups (broad SMARTS) is 1. The van der Waals surface area contributed by atoms with Crippen molar-refractivity contribution >= 4 is 11.9 Å². The monoisotopic (exact) mass is 278 g/mol. The number of rotatable bonds is 3. The molecule has 6 nitrogen and oxygen atoms in total. The molecule has 108 valence electrons. The molecular formula is C14H18N2O4. The van der Waals surface area contributed by atoms with Crippen molar-refractivity contribution in [3.05, 3.63) is 24.0 Å². The number of aromatic nitrogens is 1. The Labute approximate surface area is 116 Å². The average molecular weight is 278 g/mol. The first kappa shape index (κ1) is 14.3. The van der Waals surface area contributed by atoms with E-state index in [1.54, 1.807) is 0 Å². The van der Waals surface area contributed by atoms with Gasteiger partial charge in [-0.15, -0.1) is 0 Å². The molecule has 1 aliphatic rings. The molecule has 0 bridgehead atoms. The van der Waals surface area contributed by atoms with Crippen molar-refractivity contribution in [2.75, 3.05) is 0 Å². The van der Waals surface area contributed by atoms with Gasteiger partial charge < -0.3 is 15.5 Å². The van der Waals surface area contributed by atoms with Gasteiger partial charge in [-0.2, -0.15) is 0 Å². The van der Waals surface area contributed by atoms with Crippen LogP contribution in [0.25, 0.3) is 0 Å². The molecule has 6 heteroatoms. The third kappa shape index (κ3) is 2.74. The average Bonchev–Trinajstić information content (AvgIpc) is 2.38. The zero-order valence-corrected chi connectivity index (χ0v) is 11.3. The topological polar surface area (TPSA) is 99.5 Å². The maximum Gasteiger partial charge on any atom is 0.329 e. The van der Waals surface area contributed by atoms with Crippen LogP contribution in [0, 0.1) is 5.92 Å². The lowest BCUT2D eigenvalue weighted by Gasteiger charge is -2.36. The van der Waals surface area contributed by atoms with Gasteiger partial charge in [-0.25, -0.2) is 9.78 Å². The molecule has 1 heterocycles. The van der Waals surface area contributed by atoms with Crippen molar-refractivity contribution < 1.29 is 19.8 Å². The van der Waals surface area contributed by atoms with Crippen LogP contribution in [0.2, 0.25) is 0 Å². The maximum absolute atomic E-state index is 12.2. The van der Waals surface area contributed by atoms with Crippen molar-refractivity contribution in [2.24, 2.45) is 5.92 Å². The number of carboxylic acids is 1. The molecule has 1 aromatic rings. The van der Waals surface area contributed by atoms with Crippen LogP contribution < -0.4 is 5.32 Å². The van der Waals surface area contributed by atoms with Crippen molar-refractivity contribution in [1.82, 2.24) is 10.3 Å². The van der Waals surface area contributed by atoms with E-state index < -0.39 is 17.4 Å². The number of hydrogen-bond acceptors (Lipinski definition) is 4. The van der Waals surface area contributed by atoms with Crippen LogP contribution in [0.15, 0.2) is 18.3 Å². The standard InChI is InChI=1S/C14H18N2O4/c1-9-4-2-6-14(8-9,13(19)20)16-12(18)11-10(17)5-3-7-15-11/h3,5,7,9,17H,2,4,6,8H2,1H3,(H,16,18)(H,19,20). The number of aliphatic carboxylic acids is 1. The Hall–Kier alpha value is -2.11. The molecule has 20 heavy (non-hydrogen) atoms. The minimum atomic E-state index is -1.27. The van der Waals surface area contributed by atoms with E-state index >= 15 is 0 Å². The Bertz CT molecular complexity index is 532. The van der Waals surface area contributed by atoms with Crippen molar-refractivity contribution in [3.63, 3.8) is 0 Å². The normalized spacial score (nSPS) is 25.9. The van der Waals surface area contributed by atoms with Crippen molar-refractivity contribution in [2.45, 2.75) is 38.1 Å². The van der Waals surface area contributed by atoms with E-state index in [0.29, 0.717) is 12.8 Å². The zero-order chi connectivity index (χ0) is 14.8. The second kappa shape index (κ2) is 5.48. The summed E-state index contributed by atoms with van der Waals surface area (Å²) in [5, 5.41) is 21.6.